The lowest BCUT2D eigenvalue weighted by atomic mass is 10.1. The van der Waals surface area contributed by atoms with Gasteiger partial charge in [0.25, 0.3) is 5.91 Å². The van der Waals surface area contributed by atoms with E-state index in [1.54, 1.807) is 25.6 Å². The number of H-pyrrole nitrogens is 1. The number of aliphatic hydroxyl groups excluding tert-OH is 1. The molecule has 1 amide bonds. The number of fused-ring (bicyclic) bond motifs is 1. The number of carbonyl (C=O) groups excluding carboxylic acids is 1. The molecule has 0 saturated carbocycles. The first-order chi connectivity index (χ1) is 20.1. The number of aromatic nitrogens is 4. The van der Waals surface area contributed by atoms with Gasteiger partial charge in [0.2, 0.25) is 5.95 Å². The number of hydrogen-bond donors (Lipinski definition) is 5. The van der Waals surface area contributed by atoms with Crippen molar-refractivity contribution in [1.82, 2.24) is 25.3 Å². The summed E-state index contributed by atoms with van der Waals surface area (Å²) < 4.78 is 11.1. The topological polar surface area (TPSA) is 150 Å². The van der Waals surface area contributed by atoms with Crippen LogP contribution >= 0.6 is 0 Å². The largest absolute Gasteiger partial charge is 0.494 e. The second-order valence-corrected chi connectivity index (χ2v) is 10.3. The summed E-state index contributed by atoms with van der Waals surface area (Å²) in [6, 6.07) is 13.4. The monoisotopic (exact) mass is 558 g/mol. The maximum absolute atomic E-state index is 12.9. The molecule has 2 saturated heterocycles. The first-order valence-corrected chi connectivity index (χ1v) is 13.9. The van der Waals surface area contributed by atoms with Crippen LogP contribution in [0.2, 0.25) is 0 Å². The highest BCUT2D eigenvalue weighted by molar-refractivity contribution is 5.96. The van der Waals surface area contributed by atoms with Gasteiger partial charge in [-0.25, -0.2) is 4.98 Å². The second kappa shape index (κ2) is 12.0. The van der Waals surface area contributed by atoms with E-state index in [-0.39, 0.29) is 18.1 Å². The number of ether oxygens (including phenoxy) is 2. The smallest absolute Gasteiger partial charge is 0.251 e. The minimum Gasteiger partial charge on any atom is -0.494 e. The third-order valence-corrected chi connectivity index (χ3v) is 7.49. The lowest BCUT2D eigenvalue weighted by molar-refractivity contribution is 0.0696. The molecule has 6 rings (SSSR count). The molecule has 2 fully saturated rings. The molecular formula is C29H34N8O4. The van der Waals surface area contributed by atoms with E-state index in [2.05, 4.69) is 35.8 Å². The molecule has 4 heterocycles. The zero-order chi connectivity index (χ0) is 28.2. The zero-order valence-corrected chi connectivity index (χ0v) is 22.9. The number of piperidine rings is 1. The first-order valence-electron chi connectivity index (χ1n) is 13.9. The molecule has 2 aromatic carbocycles. The number of anilines is 5. The van der Waals surface area contributed by atoms with Crippen molar-refractivity contribution in [1.29, 1.82) is 0 Å². The number of amides is 1. The summed E-state index contributed by atoms with van der Waals surface area (Å²) >= 11 is 0. The molecule has 0 aliphatic carbocycles. The summed E-state index contributed by atoms with van der Waals surface area (Å²) in [4.78, 5) is 31.8. The number of rotatable bonds is 8. The van der Waals surface area contributed by atoms with Crippen LogP contribution in [0.25, 0.3) is 11.2 Å². The van der Waals surface area contributed by atoms with Gasteiger partial charge in [-0.2, -0.15) is 9.97 Å². The highest BCUT2D eigenvalue weighted by Crippen LogP contribution is 2.33. The summed E-state index contributed by atoms with van der Waals surface area (Å²) in [5.74, 6) is 1.39. The molecule has 5 N–H and O–H groups in total. The average Bonchev–Trinajstić information content (AvgIpc) is 3.48. The van der Waals surface area contributed by atoms with E-state index in [0.29, 0.717) is 58.8 Å². The predicted octanol–water partition coefficient (Wildman–Crippen LogP) is 3.72. The molecule has 214 valence electrons. The third-order valence-electron chi connectivity index (χ3n) is 7.49. The van der Waals surface area contributed by atoms with Gasteiger partial charge in [-0.05, 0) is 56.0 Å². The van der Waals surface area contributed by atoms with Crippen LogP contribution in [0, 0.1) is 0 Å². The fourth-order valence-corrected chi connectivity index (χ4v) is 5.19. The average molecular weight is 559 g/mol. The van der Waals surface area contributed by atoms with Crippen molar-refractivity contribution >= 4 is 45.9 Å². The molecule has 2 aromatic heterocycles. The standard InChI is InChI=1S/C29H34N8O4/c1-40-24-16-21(37-11-7-22(38)8-12-37)5-6-23(24)34-29-35-26-25(30-17-31-26)27(36-29)32-20-4-2-3-18(15-20)28(39)33-19-9-13-41-14-10-19/h2-6,15-17,19,22,38H,7-14H2,1H3,(H,33,39)(H3,30,31,32,34,35,36). The Labute approximate surface area is 237 Å². The number of aliphatic hydroxyl groups is 1. The molecule has 2 aliphatic heterocycles. The summed E-state index contributed by atoms with van der Waals surface area (Å²) in [5, 5.41) is 19.5. The number of aromatic amines is 1. The quantitative estimate of drug-likeness (QED) is 0.217. The maximum Gasteiger partial charge on any atom is 0.251 e. The number of benzene rings is 2. The normalized spacial score (nSPS) is 16.5. The SMILES string of the molecule is COc1cc(N2CCC(O)CC2)ccc1Nc1nc(Nc2cccc(C(=O)NC3CCOCC3)c2)c2[nH]cnc2n1. The van der Waals surface area contributed by atoms with Gasteiger partial charge in [-0.3, -0.25) is 4.79 Å². The Kier molecular flexibility index (Phi) is 7.83. The highest BCUT2D eigenvalue weighted by Gasteiger charge is 2.20. The third kappa shape index (κ3) is 6.18. The Hall–Kier alpha value is -4.42. The van der Waals surface area contributed by atoms with E-state index in [4.69, 9.17) is 14.5 Å². The van der Waals surface area contributed by atoms with Gasteiger partial charge in [0.05, 0.1) is 25.2 Å². The molecule has 0 atom stereocenters. The van der Waals surface area contributed by atoms with Crippen molar-refractivity contribution in [2.75, 3.05) is 48.9 Å². The zero-order valence-electron chi connectivity index (χ0n) is 22.9. The lowest BCUT2D eigenvalue weighted by Crippen LogP contribution is -2.38. The molecule has 41 heavy (non-hydrogen) atoms. The Balaban J connectivity index is 1.21. The van der Waals surface area contributed by atoms with Crippen LogP contribution in [0.4, 0.5) is 28.8 Å². The summed E-state index contributed by atoms with van der Waals surface area (Å²) in [6.07, 6.45) is 4.46. The van der Waals surface area contributed by atoms with Crippen LogP contribution < -0.4 is 25.6 Å². The van der Waals surface area contributed by atoms with Crippen LogP contribution in [0.3, 0.4) is 0 Å². The van der Waals surface area contributed by atoms with Crippen molar-refractivity contribution in [3.05, 3.63) is 54.4 Å². The van der Waals surface area contributed by atoms with Crippen molar-refractivity contribution in [3.63, 3.8) is 0 Å². The number of imidazole rings is 1. The van der Waals surface area contributed by atoms with Crippen LogP contribution in [0.1, 0.15) is 36.0 Å². The van der Waals surface area contributed by atoms with Crippen molar-refractivity contribution in [2.24, 2.45) is 0 Å². The fourth-order valence-electron chi connectivity index (χ4n) is 5.19. The van der Waals surface area contributed by atoms with Gasteiger partial charge in [-0.15, -0.1) is 0 Å². The number of methoxy groups -OCH3 is 1. The fraction of sp³-hybridized carbons (Fsp3) is 0.379. The van der Waals surface area contributed by atoms with Gasteiger partial charge < -0.3 is 40.4 Å². The number of nitrogens with one attached hydrogen (secondary N) is 4. The Morgan fingerprint density at radius 1 is 1.07 bits per heavy atom. The summed E-state index contributed by atoms with van der Waals surface area (Å²) in [5.41, 5.74) is 4.14. The van der Waals surface area contributed by atoms with E-state index in [9.17, 15) is 9.90 Å². The molecule has 0 radical (unpaired) electrons. The lowest BCUT2D eigenvalue weighted by Gasteiger charge is -2.31. The number of nitrogens with zero attached hydrogens (tertiary/aromatic N) is 4. The highest BCUT2D eigenvalue weighted by atomic mass is 16.5. The van der Waals surface area contributed by atoms with E-state index in [0.717, 1.165) is 44.5 Å². The maximum atomic E-state index is 12.9. The van der Waals surface area contributed by atoms with Crippen LogP contribution in [-0.2, 0) is 4.74 Å². The van der Waals surface area contributed by atoms with Crippen molar-refractivity contribution in [2.45, 2.75) is 37.8 Å². The second-order valence-electron chi connectivity index (χ2n) is 10.3. The van der Waals surface area contributed by atoms with Gasteiger partial charge in [0.1, 0.15) is 11.3 Å². The van der Waals surface area contributed by atoms with E-state index < -0.39 is 0 Å². The first kappa shape index (κ1) is 26.8. The van der Waals surface area contributed by atoms with Crippen molar-refractivity contribution < 1.29 is 19.4 Å². The van der Waals surface area contributed by atoms with Gasteiger partial charge >= 0.3 is 0 Å². The van der Waals surface area contributed by atoms with Crippen LogP contribution in [0.15, 0.2) is 48.8 Å². The van der Waals surface area contributed by atoms with Gasteiger partial charge in [-0.1, -0.05) is 6.07 Å². The Morgan fingerprint density at radius 2 is 1.90 bits per heavy atom. The molecule has 12 heteroatoms. The molecule has 4 aromatic rings. The van der Waals surface area contributed by atoms with Crippen molar-refractivity contribution in [3.8, 4) is 5.75 Å². The minimum absolute atomic E-state index is 0.117. The molecular weight excluding hydrogens is 524 g/mol. The molecule has 12 nitrogen and oxygen atoms in total. The van der Waals surface area contributed by atoms with Crippen LogP contribution in [-0.4, -0.2) is 76.5 Å². The molecule has 0 unspecified atom stereocenters. The molecule has 2 aliphatic rings. The summed E-state index contributed by atoms with van der Waals surface area (Å²) in [6.45, 7) is 2.92. The Bertz CT molecular complexity index is 1510. The van der Waals surface area contributed by atoms with Gasteiger partial charge in [0, 0.05) is 55.3 Å². The minimum atomic E-state index is -0.234. The van der Waals surface area contributed by atoms with E-state index in [1.807, 2.05) is 30.3 Å². The molecule has 0 spiro atoms. The van der Waals surface area contributed by atoms with E-state index >= 15 is 0 Å². The van der Waals surface area contributed by atoms with Crippen LogP contribution in [0.5, 0.6) is 5.75 Å². The summed E-state index contributed by atoms with van der Waals surface area (Å²) in [7, 11) is 1.63. The molecule has 0 bridgehead atoms. The Morgan fingerprint density at radius 3 is 2.71 bits per heavy atom. The number of carbonyl (C=O) groups is 1. The number of hydrogen-bond acceptors (Lipinski definition) is 10. The van der Waals surface area contributed by atoms with E-state index in [1.165, 1.54) is 0 Å². The van der Waals surface area contributed by atoms with Gasteiger partial charge in [0.15, 0.2) is 11.5 Å². The predicted molar refractivity (Wildman–Crippen MR) is 156 cm³/mol.